The summed E-state index contributed by atoms with van der Waals surface area (Å²) >= 11 is 0. The molecule has 2 atom stereocenters. The van der Waals surface area contributed by atoms with Crippen LogP contribution in [0.2, 0.25) is 0 Å². The van der Waals surface area contributed by atoms with Crippen molar-refractivity contribution in [1.82, 2.24) is 15.6 Å². The second-order valence-corrected chi connectivity index (χ2v) is 7.04. The summed E-state index contributed by atoms with van der Waals surface area (Å²) in [6.45, 7) is 7.80. The molecule has 1 heterocycles. The Morgan fingerprint density at radius 2 is 1.96 bits per heavy atom. The molecule has 144 valence electrons. The molecule has 0 spiro atoms. The molecule has 0 bridgehead atoms. The number of ether oxygens (including phenoxy) is 1. The first-order valence-corrected chi connectivity index (χ1v) is 8.89. The van der Waals surface area contributed by atoms with E-state index in [1.807, 2.05) is 27.7 Å². The molecule has 7 nitrogen and oxygen atoms in total. The number of aldehydes is 1. The van der Waals surface area contributed by atoms with Crippen molar-refractivity contribution in [3.05, 3.63) is 30.1 Å². The molecule has 0 aliphatic rings. The molecular formula is C19H29N3O4. The van der Waals surface area contributed by atoms with Crippen LogP contribution in [-0.2, 0) is 20.9 Å². The van der Waals surface area contributed by atoms with E-state index in [9.17, 15) is 14.4 Å². The van der Waals surface area contributed by atoms with Gasteiger partial charge in [-0.1, -0.05) is 33.8 Å². The number of aromatic nitrogens is 1. The Labute approximate surface area is 154 Å². The Hall–Kier alpha value is -2.44. The fourth-order valence-corrected chi connectivity index (χ4v) is 2.53. The summed E-state index contributed by atoms with van der Waals surface area (Å²) in [6, 6.07) is 2.57. The van der Waals surface area contributed by atoms with Gasteiger partial charge in [-0.05, 0) is 24.3 Å². The minimum Gasteiger partial charge on any atom is -0.445 e. The average Bonchev–Trinajstić information content (AvgIpc) is 2.58. The van der Waals surface area contributed by atoms with Crippen LogP contribution in [0.15, 0.2) is 24.5 Å². The predicted octanol–water partition coefficient (Wildman–Crippen LogP) is 2.45. The molecule has 1 rings (SSSR count). The van der Waals surface area contributed by atoms with Gasteiger partial charge < -0.3 is 20.2 Å². The number of nitrogens with one attached hydrogen (secondary N) is 2. The van der Waals surface area contributed by atoms with Crippen molar-refractivity contribution in [3.8, 4) is 0 Å². The van der Waals surface area contributed by atoms with E-state index in [4.69, 9.17) is 4.74 Å². The maximum atomic E-state index is 12.6. The highest BCUT2D eigenvalue weighted by atomic mass is 16.5. The first kappa shape index (κ1) is 21.6. The number of carbonyl (C=O) groups excluding carboxylic acids is 3. The van der Waals surface area contributed by atoms with Crippen molar-refractivity contribution >= 4 is 18.3 Å². The molecule has 0 radical (unpaired) electrons. The average molecular weight is 363 g/mol. The van der Waals surface area contributed by atoms with Crippen LogP contribution in [0.25, 0.3) is 0 Å². The van der Waals surface area contributed by atoms with Crippen molar-refractivity contribution in [1.29, 1.82) is 0 Å². The molecule has 7 heteroatoms. The molecule has 2 N–H and O–H groups in total. The van der Waals surface area contributed by atoms with Crippen molar-refractivity contribution in [2.75, 3.05) is 0 Å². The van der Waals surface area contributed by atoms with E-state index in [1.54, 1.807) is 24.5 Å². The van der Waals surface area contributed by atoms with Crippen LogP contribution in [0.1, 0.15) is 46.1 Å². The van der Waals surface area contributed by atoms with Gasteiger partial charge in [0.2, 0.25) is 5.91 Å². The van der Waals surface area contributed by atoms with Gasteiger partial charge in [-0.2, -0.15) is 0 Å². The van der Waals surface area contributed by atoms with E-state index in [2.05, 4.69) is 15.6 Å². The van der Waals surface area contributed by atoms with Gasteiger partial charge in [0.15, 0.2) is 0 Å². The van der Waals surface area contributed by atoms with Gasteiger partial charge in [0.05, 0.1) is 0 Å². The third kappa shape index (κ3) is 8.09. The molecule has 26 heavy (non-hydrogen) atoms. The largest absolute Gasteiger partial charge is 0.445 e. The third-order valence-corrected chi connectivity index (χ3v) is 3.80. The summed E-state index contributed by atoms with van der Waals surface area (Å²) in [7, 11) is 0. The SMILES string of the molecule is CC(C)C[C@@H](CC=O)NC(=O)[C@@H](NC(=O)OCc1cccnc1)C(C)C. The molecule has 0 saturated carbocycles. The zero-order valence-electron chi connectivity index (χ0n) is 15.9. The smallest absolute Gasteiger partial charge is 0.408 e. The molecule has 0 aliphatic heterocycles. The lowest BCUT2D eigenvalue weighted by Crippen LogP contribution is -2.52. The number of rotatable bonds is 10. The normalized spacial score (nSPS) is 13.2. The highest BCUT2D eigenvalue weighted by Crippen LogP contribution is 2.09. The van der Waals surface area contributed by atoms with E-state index in [0.717, 1.165) is 11.8 Å². The summed E-state index contributed by atoms with van der Waals surface area (Å²) in [6.07, 6.45) is 4.32. The van der Waals surface area contributed by atoms with Crippen LogP contribution in [0.5, 0.6) is 0 Å². The Bertz CT molecular complexity index is 575. The van der Waals surface area contributed by atoms with Crippen LogP contribution in [-0.4, -0.2) is 35.4 Å². The first-order valence-electron chi connectivity index (χ1n) is 8.89. The van der Waals surface area contributed by atoms with Gasteiger partial charge in [0.25, 0.3) is 0 Å². The number of nitrogens with zero attached hydrogens (tertiary/aromatic N) is 1. The topological polar surface area (TPSA) is 97.4 Å². The maximum Gasteiger partial charge on any atom is 0.408 e. The molecule has 0 saturated heterocycles. The fraction of sp³-hybridized carbons (Fsp3) is 0.579. The van der Waals surface area contributed by atoms with Crippen LogP contribution in [0.4, 0.5) is 4.79 Å². The van der Waals surface area contributed by atoms with E-state index in [0.29, 0.717) is 12.3 Å². The predicted molar refractivity (Wildman–Crippen MR) is 98.3 cm³/mol. The summed E-state index contributed by atoms with van der Waals surface area (Å²) in [5.74, 6) is -0.0992. The van der Waals surface area contributed by atoms with Crippen molar-refractivity contribution < 1.29 is 19.1 Å². The maximum absolute atomic E-state index is 12.6. The van der Waals surface area contributed by atoms with Gasteiger partial charge in [0.1, 0.15) is 18.9 Å². The van der Waals surface area contributed by atoms with Gasteiger partial charge in [-0.15, -0.1) is 0 Å². The lowest BCUT2D eigenvalue weighted by molar-refractivity contribution is -0.125. The molecule has 0 aromatic carbocycles. The van der Waals surface area contributed by atoms with Crippen molar-refractivity contribution in [3.63, 3.8) is 0 Å². The van der Waals surface area contributed by atoms with Crippen LogP contribution >= 0.6 is 0 Å². The monoisotopic (exact) mass is 363 g/mol. The number of carbonyl (C=O) groups is 3. The molecule has 0 fully saturated rings. The van der Waals surface area contributed by atoms with E-state index in [1.165, 1.54) is 0 Å². The second-order valence-electron chi connectivity index (χ2n) is 7.04. The van der Waals surface area contributed by atoms with Crippen LogP contribution in [0, 0.1) is 11.8 Å². The standard InChI is InChI=1S/C19H29N3O4/c1-13(2)10-16(7-9-23)21-18(24)17(14(3)4)22-19(25)26-12-15-6-5-8-20-11-15/h5-6,8-9,11,13-14,16-17H,7,10,12H2,1-4H3,(H,21,24)(H,22,25)/t16-,17+/m1/s1. The quantitative estimate of drug-likeness (QED) is 0.622. The lowest BCUT2D eigenvalue weighted by atomic mass is 9.99. The first-order chi connectivity index (χ1) is 12.3. The number of alkyl carbamates (subject to hydrolysis) is 1. The summed E-state index contributed by atoms with van der Waals surface area (Å²) < 4.78 is 5.15. The molecular weight excluding hydrogens is 334 g/mol. The summed E-state index contributed by atoms with van der Waals surface area (Å²) in [4.78, 5) is 39.4. The highest BCUT2D eigenvalue weighted by Gasteiger charge is 2.27. The van der Waals surface area contributed by atoms with Crippen LogP contribution in [0.3, 0.4) is 0 Å². The van der Waals surface area contributed by atoms with Gasteiger partial charge in [-0.3, -0.25) is 9.78 Å². The number of amides is 2. The molecule has 2 amide bonds. The van der Waals surface area contributed by atoms with E-state index in [-0.39, 0.29) is 30.9 Å². The van der Waals surface area contributed by atoms with Crippen molar-refractivity contribution in [2.24, 2.45) is 11.8 Å². The Kier molecular flexibility index (Phi) is 9.33. The van der Waals surface area contributed by atoms with Crippen LogP contribution < -0.4 is 10.6 Å². The minimum atomic E-state index is -0.738. The third-order valence-electron chi connectivity index (χ3n) is 3.80. The zero-order valence-corrected chi connectivity index (χ0v) is 15.9. The minimum absolute atomic E-state index is 0.0766. The molecule has 1 aromatic heterocycles. The second kappa shape index (κ2) is 11.2. The molecule has 1 aromatic rings. The zero-order chi connectivity index (χ0) is 19.5. The molecule has 0 unspecified atom stereocenters. The van der Waals surface area contributed by atoms with Crippen molar-refractivity contribution in [2.45, 2.75) is 59.2 Å². The Balaban J connectivity index is 2.61. The number of pyridine rings is 1. The van der Waals surface area contributed by atoms with E-state index >= 15 is 0 Å². The molecule has 0 aliphatic carbocycles. The number of hydrogen-bond acceptors (Lipinski definition) is 5. The highest BCUT2D eigenvalue weighted by molar-refractivity contribution is 5.86. The van der Waals surface area contributed by atoms with Gasteiger partial charge in [-0.25, -0.2) is 4.79 Å². The van der Waals surface area contributed by atoms with E-state index < -0.39 is 12.1 Å². The summed E-state index contributed by atoms with van der Waals surface area (Å²) in [5, 5.41) is 5.46. The Morgan fingerprint density at radius 3 is 2.50 bits per heavy atom. The number of hydrogen-bond donors (Lipinski definition) is 2. The van der Waals surface area contributed by atoms with Gasteiger partial charge >= 0.3 is 6.09 Å². The van der Waals surface area contributed by atoms with Gasteiger partial charge in [0, 0.05) is 30.4 Å². The lowest BCUT2D eigenvalue weighted by Gasteiger charge is -2.25. The Morgan fingerprint density at radius 1 is 1.23 bits per heavy atom. The fourth-order valence-electron chi connectivity index (χ4n) is 2.53. The summed E-state index contributed by atoms with van der Waals surface area (Å²) in [5.41, 5.74) is 0.760.